The quantitative estimate of drug-likeness (QED) is 0.648. The molecule has 4 heteroatoms. The first-order valence-electron chi connectivity index (χ1n) is 4.17. The third kappa shape index (κ3) is 3.43. The third-order valence-electron chi connectivity index (χ3n) is 1.77. The zero-order valence-corrected chi connectivity index (χ0v) is 8.44. The molecular weight excluding hydrogens is 182 g/mol. The highest BCUT2D eigenvalue weighted by Crippen LogP contribution is 2.17. The summed E-state index contributed by atoms with van der Waals surface area (Å²) in [5.41, 5.74) is 0.517. The van der Waals surface area contributed by atoms with Crippen molar-refractivity contribution in [2.75, 3.05) is 20.6 Å². The molecule has 1 aromatic rings. The maximum atomic E-state index is 9.67. The van der Waals surface area contributed by atoms with Gasteiger partial charge in [-0.2, -0.15) is 0 Å². The topological polar surface area (TPSA) is 75.2 Å². The zero-order chi connectivity index (χ0) is 9.90. The van der Waals surface area contributed by atoms with E-state index in [2.05, 4.69) is 0 Å². The summed E-state index contributed by atoms with van der Waals surface area (Å²) < 4.78 is 0. The summed E-state index contributed by atoms with van der Waals surface area (Å²) in [6, 6.07) is 8.81. The molecule has 4 nitrogen and oxygen atoms in total. The standard InChI is InChI=1S/C10H15NO2.H2O/c1-11(2)8-10(12,13)9-6-4-3-5-7-9;/h3-7,12-13H,8H2,1-2H3;1H2. The molecule has 80 valence electrons. The lowest BCUT2D eigenvalue weighted by atomic mass is 10.1. The molecule has 0 saturated carbocycles. The number of hydrogen-bond acceptors (Lipinski definition) is 3. The minimum absolute atomic E-state index is 0. The Morgan fingerprint density at radius 1 is 1.14 bits per heavy atom. The Kier molecular flexibility index (Phi) is 4.73. The van der Waals surface area contributed by atoms with Crippen molar-refractivity contribution < 1.29 is 15.7 Å². The molecule has 0 amide bonds. The highest BCUT2D eigenvalue weighted by atomic mass is 16.5. The Bertz CT molecular complexity index is 259. The third-order valence-corrected chi connectivity index (χ3v) is 1.77. The molecule has 0 aromatic heterocycles. The molecule has 0 aliphatic rings. The number of rotatable bonds is 3. The summed E-state index contributed by atoms with van der Waals surface area (Å²) >= 11 is 0. The van der Waals surface area contributed by atoms with E-state index < -0.39 is 5.79 Å². The van der Waals surface area contributed by atoms with Gasteiger partial charge in [0.05, 0.1) is 6.54 Å². The first-order chi connectivity index (χ1) is 6.02. The van der Waals surface area contributed by atoms with Crippen LogP contribution < -0.4 is 0 Å². The molecule has 0 aliphatic heterocycles. The minimum atomic E-state index is -1.76. The van der Waals surface area contributed by atoms with Crippen LogP contribution in [0.2, 0.25) is 0 Å². The van der Waals surface area contributed by atoms with Crippen molar-refractivity contribution in [1.29, 1.82) is 0 Å². The van der Waals surface area contributed by atoms with Crippen LogP contribution in [0.15, 0.2) is 30.3 Å². The van der Waals surface area contributed by atoms with Gasteiger partial charge in [0, 0.05) is 5.56 Å². The van der Waals surface area contributed by atoms with E-state index in [0.29, 0.717) is 5.56 Å². The number of likely N-dealkylation sites (N-methyl/N-ethyl adjacent to an activating group) is 1. The van der Waals surface area contributed by atoms with E-state index in [-0.39, 0.29) is 12.0 Å². The molecule has 0 radical (unpaired) electrons. The summed E-state index contributed by atoms with van der Waals surface area (Å²) in [6.45, 7) is 0.191. The Balaban J connectivity index is 0.00000169. The zero-order valence-electron chi connectivity index (χ0n) is 8.44. The summed E-state index contributed by atoms with van der Waals surface area (Å²) in [4.78, 5) is 1.73. The number of aliphatic hydroxyl groups is 2. The molecule has 0 atom stereocenters. The first kappa shape index (κ1) is 13.1. The van der Waals surface area contributed by atoms with Gasteiger partial charge >= 0.3 is 0 Å². The van der Waals surface area contributed by atoms with Crippen molar-refractivity contribution in [3.63, 3.8) is 0 Å². The van der Waals surface area contributed by atoms with Crippen molar-refractivity contribution >= 4 is 0 Å². The van der Waals surface area contributed by atoms with Crippen molar-refractivity contribution in [3.05, 3.63) is 35.9 Å². The smallest absolute Gasteiger partial charge is 0.203 e. The second-order valence-electron chi connectivity index (χ2n) is 3.42. The number of nitrogens with zero attached hydrogens (tertiary/aromatic N) is 1. The van der Waals surface area contributed by atoms with Crippen molar-refractivity contribution in [3.8, 4) is 0 Å². The minimum Gasteiger partial charge on any atom is -0.412 e. The second kappa shape index (κ2) is 5.07. The maximum absolute atomic E-state index is 9.67. The normalized spacial score (nSPS) is 11.2. The van der Waals surface area contributed by atoms with Gasteiger partial charge in [0.15, 0.2) is 0 Å². The molecule has 0 heterocycles. The van der Waals surface area contributed by atoms with Gasteiger partial charge < -0.3 is 20.6 Å². The first-order valence-corrected chi connectivity index (χ1v) is 4.17. The summed E-state index contributed by atoms with van der Waals surface area (Å²) in [7, 11) is 3.59. The predicted molar refractivity (Wildman–Crippen MR) is 54.7 cm³/mol. The molecule has 1 rings (SSSR count). The Morgan fingerprint density at radius 3 is 2.07 bits per heavy atom. The lowest BCUT2D eigenvalue weighted by molar-refractivity contribution is -0.178. The van der Waals surface area contributed by atoms with Crippen molar-refractivity contribution in [1.82, 2.24) is 4.90 Å². The van der Waals surface area contributed by atoms with Gasteiger partial charge in [0.1, 0.15) is 0 Å². The van der Waals surface area contributed by atoms with E-state index >= 15 is 0 Å². The molecule has 0 spiro atoms. The molecule has 14 heavy (non-hydrogen) atoms. The van der Waals surface area contributed by atoms with E-state index in [4.69, 9.17) is 0 Å². The predicted octanol–water partition coefficient (Wildman–Crippen LogP) is -0.439. The van der Waals surface area contributed by atoms with Gasteiger partial charge in [-0.15, -0.1) is 0 Å². The van der Waals surface area contributed by atoms with Crippen LogP contribution in [0.4, 0.5) is 0 Å². The SMILES string of the molecule is CN(C)CC(O)(O)c1ccccc1.O. The molecular formula is C10H17NO3. The summed E-state index contributed by atoms with van der Waals surface area (Å²) in [5.74, 6) is -1.76. The van der Waals surface area contributed by atoms with E-state index in [1.54, 1.807) is 43.3 Å². The average molecular weight is 199 g/mol. The van der Waals surface area contributed by atoms with E-state index in [9.17, 15) is 10.2 Å². The second-order valence-corrected chi connectivity index (χ2v) is 3.42. The molecule has 0 fully saturated rings. The van der Waals surface area contributed by atoms with Gasteiger partial charge in [-0.05, 0) is 14.1 Å². The van der Waals surface area contributed by atoms with Crippen LogP contribution in [-0.4, -0.2) is 41.2 Å². The van der Waals surface area contributed by atoms with Gasteiger partial charge in [-0.25, -0.2) is 0 Å². The largest absolute Gasteiger partial charge is 0.412 e. The van der Waals surface area contributed by atoms with Crippen LogP contribution in [0.5, 0.6) is 0 Å². The van der Waals surface area contributed by atoms with Crippen LogP contribution >= 0.6 is 0 Å². The fourth-order valence-corrected chi connectivity index (χ4v) is 1.24. The number of hydrogen-bond donors (Lipinski definition) is 2. The Labute approximate surface area is 83.7 Å². The Hall–Kier alpha value is -0.940. The van der Waals surface area contributed by atoms with Gasteiger partial charge in [0.25, 0.3) is 0 Å². The van der Waals surface area contributed by atoms with Crippen LogP contribution in [0.1, 0.15) is 5.56 Å². The lowest BCUT2D eigenvalue weighted by Gasteiger charge is -2.25. The summed E-state index contributed by atoms with van der Waals surface area (Å²) in [6.07, 6.45) is 0. The van der Waals surface area contributed by atoms with Gasteiger partial charge in [0.2, 0.25) is 5.79 Å². The fourth-order valence-electron chi connectivity index (χ4n) is 1.24. The van der Waals surface area contributed by atoms with Crippen LogP contribution in [0, 0.1) is 0 Å². The number of benzene rings is 1. The average Bonchev–Trinajstić information content (AvgIpc) is 2.04. The fraction of sp³-hybridized carbons (Fsp3) is 0.400. The van der Waals surface area contributed by atoms with E-state index in [0.717, 1.165) is 0 Å². The lowest BCUT2D eigenvalue weighted by Crippen LogP contribution is -2.37. The van der Waals surface area contributed by atoms with Gasteiger partial charge in [-0.1, -0.05) is 30.3 Å². The van der Waals surface area contributed by atoms with Crippen LogP contribution in [0.25, 0.3) is 0 Å². The summed E-state index contributed by atoms with van der Waals surface area (Å²) in [5, 5.41) is 19.3. The highest BCUT2D eigenvalue weighted by Gasteiger charge is 2.25. The van der Waals surface area contributed by atoms with Crippen molar-refractivity contribution in [2.45, 2.75) is 5.79 Å². The van der Waals surface area contributed by atoms with Crippen molar-refractivity contribution in [2.24, 2.45) is 0 Å². The van der Waals surface area contributed by atoms with Crippen LogP contribution in [-0.2, 0) is 5.79 Å². The molecule has 0 bridgehead atoms. The molecule has 0 unspecified atom stereocenters. The van der Waals surface area contributed by atoms with E-state index in [1.165, 1.54) is 0 Å². The van der Waals surface area contributed by atoms with E-state index in [1.807, 2.05) is 6.07 Å². The molecule has 1 aromatic carbocycles. The monoisotopic (exact) mass is 199 g/mol. The Morgan fingerprint density at radius 2 is 1.64 bits per heavy atom. The molecule has 0 aliphatic carbocycles. The van der Waals surface area contributed by atoms with Crippen LogP contribution in [0.3, 0.4) is 0 Å². The maximum Gasteiger partial charge on any atom is 0.203 e. The molecule has 0 saturated heterocycles. The molecule has 4 N–H and O–H groups in total. The van der Waals surface area contributed by atoms with Gasteiger partial charge in [-0.3, -0.25) is 0 Å². The highest BCUT2D eigenvalue weighted by molar-refractivity contribution is 5.19.